The average Bonchev–Trinajstić information content (AvgIpc) is 2.34. The number of carbonyl (C=O) groups is 1. The Kier molecular flexibility index (Phi) is 9.70. The van der Waals surface area contributed by atoms with Crippen molar-refractivity contribution in [2.24, 2.45) is 0 Å². The lowest BCUT2D eigenvalue weighted by Gasteiger charge is -2.07. The summed E-state index contributed by atoms with van der Waals surface area (Å²) in [4.78, 5) is 11.5. The molecule has 0 aliphatic heterocycles. The van der Waals surface area contributed by atoms with Crippen molar-refractivity contribution in [3.05, 3.63) is 11.8 Å². The van der Waals surface area contributed by atoms with Gasteiger partial charge in [-0.05, 0) is 26.7 Å². The molecule has 0 saturated carbocycles. The zero-order chi connectivity index (χ0) is 13.8. The Labute approximate surface area is 109 Å². The highest BCUT2D eigenvalue weighted by atomic mass is 16.5. The van der Waals surface area contributed by atoms with Crippen LogP contribution in [-0.2, 0) is 9.53 Å². The van der Waals surface area contributed by atoms with E-state index in [1.54, 1.807) is 0 Å². The van der Waals surface area contributed by atoms with E-state index in [2.05, 4.69) is 10.6 Å². The van der Waals surface area contributed by atoms with Gasteiger partial charge in [-0.15, -0.1) is 0 Å². The van der Waals surface area contributed by atoms with Gasteiger partial charge in [0.25, 0.3) is 5.91 Å². The van der Waals surface area contributed by atoms with Crippen molar-refractivity contribution in [3.63, 3.8) is 0 Å². The molecule has 0 aliphatic rings. The fourth-order valence-electron chi connectivity index (χ4n) is 1.15. The van der Waals surface area contributed by atoms with Crippen molar-refractivity contribution in [2.75, 3.05) is 19.7 Å². The number of nitriles is 1. The summed E-state index contributed by atoms with van der Waals surface area (Å²) in [7, 11) is 0. The maximum absolute atomic E-state index is 11.5. The van der Waals surface area contributed by atoms with Crippen LogP contribution < -0.4 is 10.6 Å². The molecule has 5 heteroatoms. The number of amides is 1. The minimum absolute atomic E-state index is 0.105. The van der Waals surface area contributed by atoms with Crippen molar-refractivity contribution in [2.45, 2.75) is 39.7 Å². The maximum Gasteiger partial charge on any atom is 0.263 e. The fraction of sp³-hybridized carbons (Fsp3) is 0.692. The predicted octanol–water partition coefficient (Wildman–Crippen LogP) is 1.32. The van der Waals surface area contributed by atoms with Crippen LogP contribution in [0.15, 0.2) is 11.8 Å². The van der Waals surface area contributed by atoms with Gasteiger partial charge in [0, 0.05) is 25.9 Å². The second-order valence-electron chi connectivity index (χ2n) is 4.15. The van der Waals surface area contributed by atoms with Crippen molar-refractivity contribution >= 4 is 5.91 Å². The molecule has 0 spiro atoms. The maximum atomic E-state index is 11.5. The van der Waals surface area contributed by atoms with Gasteiger partial charge in [0.2, 0.25) is 0 Å². The van der Waals surface area contributed by atoms with Crippen LogP contribution >= 0.6 is 0 Å². The third-order valence-electron chi connectivity index (χ3n) is 2.06. The first-order valence-corrected chi connectivity index (χ1v) is 6.35. The van der Waals surface area contributed by atoms with Crippen molar-refractivity contribution < 1.29 is 9.53 Å². The first kappa shape index (κ1) is 16.5. The molecule has 2 N–H and O–H groups in total. The Morgan fingerprint density at radius 3 is 2.72 bits per heavy atom. The largest absolute Gasteiger partial charge is 0.390 e. The monoisotopic (exact) mass is 253 g/mol. The number of hydrogen-bond donors (Lipinski definition) is 2. The van der Waals surface area contributed by atoms with Crippen molar-refractivity contribution in [1.29, 1.82) is 5.26 Å². The number of rotatable bonds is 9. The SMILES string of the molecule is CCCNC(=O)/C(C#N)=C\NCCCOC(C)C. The molecule has 0 aromatic rings. The number of carbonyl (C=O) groups excluding carboxylic acids is 1. The van der Waals surface area contributed by atoms with E-state index in [4.69, 9.17) is 10.00 Å². The second-order valence-corrected chi connectivity index (χ2v) is 4.15. The lowest BCUT2D eigenvalue weighted by atomic mass is 10.3. The second kappa shape index (κ2) is 10.6. The zero-order valence-corrected chi connectivity index (χ0v) is 11.5. The van der Waals surface area contributed by atoms with Gasteiger partial charge < -0.3 is 15.4 Å². The summed E-state index contributed by atoms with van der Waals surface area (Å²) in [5.74, 6) is -0.328. The third kappa shape index (κ3) is 8.59. The summed E-state index contributed by atoms with van der Waals surface area (Å²) in [5.41, 5.74) is 0.105. The van der Waals surface area contributed by atoms with Gasteiger partial charge in [0.15, 0.2) is 0 Å². The molecule has 0 rings (SSSR count). The molecule has 0 bridgehead atoms. The van der Waals surface area contributed by atoms with Gasteiger partial charge in [-0.25, -0.2) is 0 Å². The van der Waals surface area contributed by atoms with Crippen LogP contribution in [0.5, 0.6) is 0 Å². The lowest BCUT2D eigenvalue weighted by Crippen LogP contribution is -2.26. The highest BCUT2D eigenvalue weighted by Crippen LogP contribution is 1.92. The Morgan fingerprint density at radius 1 is 1.44 bits per heavy atom. The van der Waals surface area contributed by atoms with E-state index in [9.17, 15) is 4.79 Å². The molecule has 0 aromatic carbocycles. The van der Waals surface area contributed by atoms with E-state index in [0.29, 0.717) is 19.7 Å². The average molecular weight is 253 g/mol. The summed E-state index contributed by atoms with van der Waals surface area (Å²) in [5, 5.41) is 14.4. The molecule has 102 valence electrons. The van der Waals surface area contributed by atoms with Crippen LogP contribution in [0.1, 0.15) is 33.6 Å². The van der Waals surface area contributed by atoms with E-state index in [1.165, 1.54) is 6.20 Å². The Hall–Kier alpha value is -1.54. The third-order valence-corrected chi connectivity index (χ3v) is 2.06. The predicted molar refractivity (Wildman–Crippen MR) is 70.7 cm³/mol. The van der Waals surface area contributed by atoms with Gasteiger partial charge >= 0.3 is 0 Å². The normalized spacial score (nSPS) is 11.2. The molecule has 0 fully saturated rings. The summed E-state index contributed by atoms with van der Waals surface area (Å²) in [6.07, 6.45) is 3.38. The number of nitrogens with zero attached hydrogens (tertiary/aromatic N) is 1. The first-order chi connectivity index (χ1) is 8.61. The summed E-state index contributed by atoms with van der Waals surface area (Å²) >= 11 is 0. The van der Waals surface area contributed by atoms with E-state index < -0.39 is 0 Å². The molecule has 0 radical (unpaired) electrons. The van der Waals surface area contributed by atoms with Crippen LogP contribution in [0.2, 0.25) is 0 Å². The Morgan fingerprint density at radius 2 is 2.17 bits per heavy atom. The minimum Gasteiger partial charge on any atom is -0.390 e. The number of nitrogens with one attached hydrogen (secondary N) is 2. The van der Waals surface area contributed by atoms with Gasteiger partial charge in [0.1, 0.15) is 11.6 Å². The molecular weight excluding hydrogens is 230 g/mol. The molecule has 1 amide bonds. The topological polar surface area (TPSA) is 74.2 Å². The summed E-state index contributed by atoms with van der Waals surface area (Å²) in [6, 6.07) is 1.88. The summed E-state index contributed by atoms with van der Waals surface area (Å²) in [6.45, 7) is 7.86. The van der Waals surface area contributed by atoms with Crippen LogP contribution in [0, 0.1) is 11.3 Å². The van der Waals surface area contributed by atoms with Crippen molar-refractivity contribution in [1.82, 2.24) is 10.6 Å². The fourth-order valence-corrected chi connectivity index (χ4v) is 1.15. The zero-order valence-electron chi connectivity index (χ0n) is 11.5. The molecule has 0 atom stereocenters. The smallest absolute Gasteiger partial charge is 0.263 e. The Bertz CT molecular complexity index is 306. The summed E-state index contributed by atoms with van der Waals surface area (Å²) < 4.78 is 5.37. The molecule has 0 aromatic heterocycles. The van der Waals surface area contributed by atoms with Crippen LogP contribution in [0.25, 0.3) is 0 Å². The van der Waals surface area contributed by atoms with Crippen LogP contribution in [-0.4, -0.2) is 31.7 Å². The minimum atomic E-state index is -0.328. The van der Waals surface area contributed by atoms with Gasteiger partial charge in [-0.1, -0.05) is 6.92 Å². The van der Waals surface area contributed by atoms with E-state index in [0.717, 1.165) is 12.8 Å². The standard InChI is InChI=1S/C13H23N3O2/c1-4-6-16-13(17)12(9-14)10-15-7-5-8-18-11(2)3/h10-11,15H,4-8H2,1-3H3,(H,16,17)/b12-10-. The van der Waals surface area contributed by atoms with Gasteiger partial charge in [0.05, 0.1) is 6.10 Å². The molecule has 18 heavy (non-hydrogen) atoms. The first-order valence-electron chi connectivity index (χ1n) is 6.35. The number of hydrogen-bond acceptors (Lipinski definition) is 4. The van der Waals surface area contributed by atoms with E-state index >= 15 is 0 Å². The van der Waals surface area contributed by atoms with Crippen molar-refractivity contribution in [3.8, 4) is 6.07 Å². The highest BCUT2D eigenvalue weighted by Gasteiger charge is 2.06. The number of ether oxygens (including phenoxy) is 1. The molecule has 0 heterocycles. The van der Waals surface area contributed by atoms with Crippen LogP contribution in [0.3, 0.4) is 0 Å². The van der Waals surface area contributed by atoms with Crippen LogP contribution in [0.4, 0.5) is 0 Å². The quantitative estimate of drug-likeness (QED) is 0.369. The molecule has 0 saturated heterocycles. The van der Waals surface area contributed by atoms with E-state index in [1.807, 2.05) is 26.8 Å². The molecule has 0 aliphatic carbocycles. The Balaban J connectivity index is 3.85. The lowest BCUT2D eigenvalue weighted by molar-refractivity contribution is -0.117. The molecular formula is C13H23N3O2. The van der Waals surface area contributed by atoms with Gasteiger partial charge in [-0.3, -0.25) is 4.79 Å². The van der Waals surface area contributed by atoms with Gasteiger partial charge in [-0.2, -0.15) is 5.26 Å². The van der Waals surface area contributed by atoms with E-state index in [-0.39, 0.29) is 17.6 Å². The molecule has 0 unspecified atom stereocenters. The highest BCUT2D eigenvalue weighted by molar-refractivity contribution is 5.97. The molecule has 5 nitrogen and oxygen atoms in total.